The number of benzene rings is 2. The summed E-state index contributed by atoms with van der Waals surface area (Å²) in [6, 6.07) is 17.3. The van der Waals surface area contributed by atoms with Crippen molar-refractivity contribution in [3.05, 3.63) is 70.7 Å². The minimum absolute atomic E-state index is 0.238. The van der Waals surface area contributed by atoms with Gasteiger partial charge < -0.3 is 15.8 Å². The Bertz CT molecular complexity index is 876. The Hall–Kier alpha value is -2.86. The monoisotopic (exact) mass is 366 g/mol. The molecule has 1 atom stereocenters. The average Bonchev–Trinajstić information content (AvgIpc) is 3.07. The highest BCUT2D eigenvalue weighted by molar-refractivity contribution is 7.09. The SMILES string of the molecule is Cc1csc(C(C)CN=C(N)Nc2cccc(Oc3ccccc3)c2)n1. The lowest BCUT2D eigenvalue weighted by Crippen LogP contribution is -2.23. The standard InChI is InChI=1S/C20H22N4OS/c1-14(19-23-15(2)13-26-19)12-22-20(21)24-16-7-6-10-18(11-16)25-17-8-4-3-5-9-17/h3-11,13-14H,12H2,1-2H3,(H3,21,22,24). The predicted octanol–water partition coefficient (Wildman–Crippen LogP) is 4.77. The third-order valence-corrected chi connectivity index (χ3v) is 4.87. The maximum atomic E-state index is 6.02. The number of aryl methyl sites for hydroxylation is 1. The molecule has 1 unspecified atom stereocenters. The second kappa shape index (κ2) is 8.49. The minimum Gasteiger partial charge on any atom is -0.457 e. The molecule has 0 bridgehead atoms. The number of guanidine groups is 1. The van der Waals surface area contributed by atoms with E-state index >= 15 is 0 Å². The normalized spacial score (nSPS) is 12.6. The van der Waals surface area contributed by atoms with Crippen LogP contribution in [0.5, 0.6) is 11.5 Å². The van der Waals surface area contributed by atoms with Gasteiger partial charge in [0.2, 0.25) is 0 Å². The summed E-state index contributed by atoms with van der Waals surface area (Å²) in [5, 5.41) is 6.24. The van der Waals surface area contributed by atoms with Crippen LogP contribution >= 0.6 is 11.3 Å². The quantitative estimate of drug-likeness (QED) is 0.487. The molecule has 3 aromatic rings. The van der Waals surface area contributed by atoms with Gasteiger partial charge in [-0.15, -0.1) is 11.3 Å². The van der Waals surface area contributed by atoms with Gasteiger partial charge in [-0.25, -0.2) is 4.98 Å². The van der Waals surface area contributed by atoms with Gasteiger partial charge in [0.05, 0.1) is 11.6 Å². The van der Waals surface area contributed by atoms with Gasteiger partial charge in [0, 0.05) is 28.7 Å². The maximum Gasteiger partial charge on any atom is 0.193 e. The van der Waals surface area contributed by atoms with Gasteiger partial charge in [-0.1, -0.05) is 31.2 Å². The van der Waals surface area contributed by atoms with Crippen LogP contribution < -0.4 is 15.8 Å². The van der Waals surface area contributed by atoms with Crippen LogP contribution in [-0.4, -0.2) is 17.5 Å². The van der Waals surface area contributed by atoms with E-state index in [0.29, 0.717) is 12.5 Å². The molecule has 0 aliphatic rings. The first-order chi connectivity index (χ1) is 12.6. The molecule has 6 heteroatoms. The molecular weight excluding hydrogens is 344 g/mol. The highest BCUT2D eigenvalue weighted by Crippen LogP contribution is 2.24. The summed E-state index contributed by atoms with van der Waals surface area (Å²) in [6.45, 7) is 4.69. The summed E-state index contributed by atoms with van der Waals surface area (Å²) in [6.07, 6.45) is 0. The fraction of sp³-hybridized carbons (Fsp3) is 0.200. The molecule has 1 heterocycles. The Balaban J connectivity index is 1.60. The van der Waals surface area contributed by atoms with E-state index in [4.69, 9.17) is 10.5 Å². The van der Waals surface area contributed by atoms with E-state index in [2.05, 4.69) is 27.6 Å². The first-order valence-electron chi connectivity index (χ1n) is 8.42. The molecule has 3 rings (SSSR count). The van der Waals surface area contributed by atoms with Gasteiger partial charge in [0.1, 0.15) is 11.5 Å². The molecule has 3 N–H and O–H groups in total. The van der Waals surface area contributed by atoms with Crippen molar-refractivity contribution in [3.8, 4) is 11.5 Å². The van der Waals surface area contributed by atoms with Crippen molar-refractivity contribution in [2.75, 3.05) is 11.9 Å². The second-order valence-electron chi connectivity index (χ2n) is 6.02. The Kier molecular flexibility index (Phi) is 5.86. The van der Waals surface area contributed by atoms with Gasteiger partial charge in [-0.05, 0) is 31.2 Å². The minimum atomic E-state index is 0.238. The number of ether oxygens (including phenoxy) is 1. The summed E-state index contributed by atoms with van der Waals surface area (Å²) in [4.78, 5) is 8.92. The van der Waals surface area contributed by atoms with Crippen LogP contribution in [0.15, 0.2) is 65.0 Å². The van der Waals surface area contributed by atoms with E-state index in [1.54, 1.807) is 11.3 Å². The molecule has 134 valence electrons. The molecule has 0 saturated heterocycles. The molecular formula is C20H22N4OS. The number of hydrogen-bond donors (Lipinski definition) is 2. The molecule has 2 aromatic carbocycles. The number of anilines is 1. The number of aromatic nitrogens is 1. The molecule has 0 aliphatic carbocycles. The van der Waals surface area contributed by atoms with E-state index < -0.39 is 0 Å². The van der Waals surface area contributed by atoms with E-state index in [1.165, 1.54) is 0 Å². The summed E-state index contributed by atoms with van der Waals surface area (Å²) in [5.74, 6) is 2.14. The molecule has 0 amide bonds. The number of rotatable bonds is 6. The van der Waals surface area contributed by atoms with Gasteiger partial charge in [0.25, 0.3) is 0 Å². The summed E-state index contributed by atoms with van der Waals surface area (Å²) in [5.41, 5.74) is 7.90. The van der Waals surface area contributed by atoms with Crippen LogP contribution in [0.25, 0.3) is 0 Å². The second-order valence-corrected chi connectivity index (χ2v) is 6.91. The van der Waals surface area contributed by atoms with Crippen LogP contribution in [0.1, 0.15) is 23.5 Å². The molecule has 5 nitrogen and oxygen atoms in total. The van der Waals surface area contributed by atoms with Gasteiger partial charge in [-0.3, -0.25) is 4.99 Å². The lowest BCUT2D eigenvalue weighted by Gasteiger charge is -2.10. The first kappa shape index (κ1) is 17.9. The largest absolute Gasteiger partial charge is 0.457 e. The Morgan fingerprint density at radius 1 is 1.19 bits per heavy atom. The molecule has 0 radical (unpaired) electrons. The van der Waals surface area contributed by atoms with E-state index in [0.717, 1.165) is 27.9 Å². The molecule has 0 fully saturated rings. The van der Waals surface area contributed by atoms with E-state index in [9.17, 15) is 0 Å². The van der Waals surface area contributed by atoms with Gasteiger partial charge in [0.15, 0.2) is 5.96 Å². The molecule has 1 aromatic heterocycles. The van der Waals surface area contributed by atoms with Crippen molar-refractivity contribution in [1.29, 1.82) is 0 Å². The Morgan fingerprint density at radius 3 is 2.69 bits per heavy atom. The summed E-state index contributed by atoms with van der Waals surface area (Å²) >= 11 is 1.66. The summed E-state index contributed by atoms with van der Waals surface area (Å²) < 4.78 is 5.83. The number of hydrogen-bond acceptors (Lipinski definition) is 4. The van der Waals surface area contributed by atoms with Crippen molar-refractivity contribution in [3.63, 3.8) is 0 Å². The van der Waals surface area contributed by atoms with Gasteiger partial charge >= 0.3 is 0 Å². The number of thiazole rings is 1. The highest BCUT2D eigenvalue weighted by Gasteiger charge is 2.09. The molecule has 0 aliphatic heterocycles. The van der Waals surface area contributed by atoms with Crippen LogP contribution in [-0.2, 0) is 0 Å². The fourth-order valence-corrected chi connectivity index (χ4v) is 3.21. The zero-order valence-corrected chi connectivity index (χ0v) is 15.7. The first-order valence-corrected chi connectivity index (χ1v) is 9.30. The third kappa shape index (κ3) is 5.07. The predicted molar refractivity (Wildman–Crippen MR) is 108 cm³/mol. The van der Waals surface area contributed by atoms with Crippen LogP contribution in [0.4, 0.5) is 5.69 Å². The number of nitrogens with one attached hydrogen (secondary N) is 1. The lowest BCUT2D eigenvalue weighted by atomic mass is 10.2. The lowest BCUT2D eigenvalue weighted by molar-refractivity contribution is 0.483. The van der Waals surface area contributed by atoms with Crippen molar-refractivity contribution >= 4 is 23.0 Å². The number of nitrogens with two attached hydrogens (primary N) is 1. The molecule has 0 saturated carbocycles. The van der Waals surface area contributed by atoms with E-state index in [1.807, 2.05) is 61.5 Å². The van der Waals surface area contributed by atoms with Crippen molar-refractivity contribution < 1.29 is 4.74 Å². The maximum absolute atomic E-state index is 6.02. The van der Waals surface area contributed by atoms with Crippen LogP contribution in [0.3, 0.4) is 0 Å². The van der Waals surface area contributed by atoms with Crippen LogP contribution in [0.2, 0.25) is 0 Å². The number of nitrogens with zero attached hydrogens (tertiary/aromatic N) is 2. The third-order valence-electron chi connectivity index (χ3n) is 3.68. The molecule has 0 spiro atoms. The average molecular weight is 366 g/mol. The molecule has 26 heavy (non-hydrogen) atoms. The Labute approximate surface area is 157 Å². The van der Waals surface area contributed by atoms with E-state index in [-0.39, 0.29) is 5.92 Å². The van der Waals surface area contributed by atoms with Crippen molar-refractivity contribution in [2.24, 2.45) is 10.7 Å². The van der Waals surface area contributed by atoms with Crippen molar-refractivity contribution in [1.82, 2.24) is 4.98 Å². The van der Waals surface area contributed by atoms with Gasteiger partial charge in [-0.2, -0.15) is 0 Å². The number of aliphatic imine (C=N–C) groups is 1. The number of para-hydroxylation sites is 1. The fourth-order valence-electron chi connectivity index (χ4n) is 2.36. The Morgan fingerprint density at radius 2 is 1.96 bits per heavy atom. The zero-order chi connectivity index (χ0) is 18.4. The van der Waals surface area contributed by atoms with Crippen molar-refractivity contribution in [2.45, 2.75) is 19.8 Å². The summed E-state index contributed by atoms with van der Waals surface area (Å²) in [7, 11) is 0. The topological polar surface area (TPSA) is 72.5 Å². The van der Waals surface area contributed by atoms with Crippen LogP contribution in [0, 0.1) is 6.92 Å². The zero-order valence-electron chi connectivity index (χ0n) is 14.8. The smallest absolute Gasteiger partial charge is 0.193 e. The highest BCUT2D eigenvalue weighted by atomic mass is 32.1.